The molecule has 0 atom stereocenters. The molecule has 22 heavy (non-hydrogen) atoms. The van der Waals surface area contributed by atoms with E-state index in [9.17, 15) is 4.79 Å². The largest absolute Gasteiger partial charge is 0.354 e. The van der Waals surface area contributed by atoms with Crippen LogP contribution < -0.4 is 0 Å². The fourth-order valence-corrected chi connectivity index (χ4v) is 2.94. The standard InChI is InChI=1S/C18H13BrClNO/c1-11(22)18-15-8-5-13(19)10-17(15)21-16(18)9-4-12-2-6-14(20)7-3-12/h2-10,21H,1H3/b9-4+. The maximum Gasteiger partial charge on any atom is 0.162 e. The van der Waals surface area contributed by atoms with Gasteiger partial charge in [0.25, 0.3) is 0 Å². The minimum atomic E-state index is 0.0457. The van der Waals surface area contributed by atoms with E-state index in [0.717, 1.165) is 26.6 Å². The molecule has 0 radical (unpaired) electrons. The lowest BCUT2D eigenvalue weighted by Gasteiger charge is -1.97. The van der Waals surface area contributed by atoms with Gasteiger partial charge < -0.3 is 4.98 Å². The van der Waals surface area contributed by atoms with Crippen molar-refractivity contribution in [2.45, 2.75) is 6.92 Å². The molecule has 110 valence electrons. The fraction of sp³-hybridized carbons (Fsp3) is 0.0556. The Morgan fingerprint density at radius 1 is 1.14 bits per heavy atom. The molecular formula is C18H13BrClNO. The summed E-state index contributed by atoms with van der Waals surface area (Å²) < 4.78 is 0.976. The van der Waals surface area contributed by atoms with Crippen molar-refractivity contribution in [1.29, 1.82) is 0 Å². The average Bonchev–Trinajstić information content (AvgIpc) is 2.84. The normalized spacial score (nSPS) is 11.4. The van der Waals surface area contributed by atoms with Crippen LogP contribution in [0.3, 0.4) is 0 Å². The highest BCUT2D eigenvalue weighted by Crippen LogP contribution is 2.27. The topological polar surface area (TPSA) is 32.9 Å². The first-order valence-electron chi connectivity index (χ1n) is 6.80. The van der Waals surface area contributed by atoms with Gasteiger partial charge in [-0.3, -0.25) is 4.79 Å². The molecule has 1 N–H and O–H groups in total. The van der Waals surface area contributed by atoms with E-state index in [1.807, 2.05) is 54.6 Å². The average molecular weight is 375 g/mol. The zero-order valence-electron chi connectivity index (χ0n) is 11.9. The summed E-state index contributed by atoms with van der Waals surface area (Å²) in [6.45, 7) is 1.59. The first kappa shape index (κ1) is 15.1. The summed E-state index contributed by atoms with van der Waals surface area (Å²) in [7, 11) is 0. The van der Waals surface area contributed by atoms with Gasteiger partial charge in [0.05, 0.1) is 11.3 Å². The Labute approximate surface area is 141 Å². The Hall–Kier alpha value is -1.84. The molecule has 0 spiro atoms. The second-order valence-corrected chi connectivity index (χ2v) is 6.40. The van der Waals surface area contributed by atoms with E-state index in [1.165, 1.54) is 0 Å². The Morgan fingerprint density at radius 2 is 1.86 bits per heavy atom. The number of benzene rings is 2. The molecule has 4 heteroatoms. The maximum absolute atomic E-state index is 12.0. The van der Waals surface area contributed by atoms with Crippen LogP contribution in [0.1, 0.15) is 28.5 Å². The van der Waals surface area contributed by atoms with Crippen molar-refractivity contribution in [3.05, 3.63) is 68.8 Å². The third kappa shape index (κ3) is 3.01. The van der Waals surface area contributed by atoms with Crippen LogP contribution in [0, 0.1) is 0 Å². The molecule has 0 unspecified atom stereocenters. The van der Waals surface area contributed by atoms with E-state index < -0.39 is 0 Å². The van der Waals surface area contributed by atoms with Gasteiger partial charge in [-0.05, 0) is 42.8 Å². The van der Waals surface area contributed by atoms with Gasteiger partial charge >= 0.3 is 0 Å². The summed E-state index contributed by atoms with van der Waals surface area (Å²) in [5, 5.41) is 1.64. The van der Waals surface area contributed by atoms with Gasteiger partial charge in [0, 0.05) is 20.4 Å². The lowest BCUT2D eigenvalue weighted by Crippen LogP contribution is -1.93. The second-order valence-electron chi connectivity index (χ2n) is 5.04. The number of halogens is 2. The number of hydrogen-bond donors (Lipinski definition) is 1. The molecule has 0 fully saturated rings. The van der Waals surface area contributed by atoms with Crippen molar-refractivity contribution in [3.63, 3.8) is 0 Å². The quantitative estimate of drug-likeness (QED) is 0.564. The zero-order valence-corrected chi connectivity index (χ0v) is 14.2. The molecule has 0 bridgehead atoms. The number of fused-ring (bicyclic) bond motifs is 1. The minimum Gasteiger partial charge on any atom is -0.354 e. The molecule has 0 saturated heterocycles. The highest BCUT2D eigenvalue weighted by atomic mass is 79.9. The van der Waals surface area contributed by atoms with Gasteiger partial charge in [0.15, 0.2) is 5.78 Å². The molecule has 0 aliphatic carbocycles. The molecule has 2 nitrogen and oxygen atoms in total. The third-order valence-corrected chi connectivity index (χ3v) is 4.20. The minimum absolute atomic E-state index is 0.0457. The van der Waals surface area contributed by atoms with Gasteiger partial charge in [-0.15, -0.1) is 0 Å². The number of nitrogens with one attached hydrogen (secondary N) is 1. The van der Waals surface area contributed by atoms with Gasteiger partial charge in [-0.25, -0.2) is 0 Å². The molecule has 0 aliphatic heterocycles. The van der Waals surface area contributed by atoms with Crippen LogP contribution in [0.2, 0.25) is 5.02 Å². The van der Waals surface area contributed by atoms with E-state index >= 15 is 0 Å². The molecule has 2 aromatic carbocycles. The summed E-state index contributed by atoms with van der Waals surface area (Å²) in [4.78, 5) is 15.3. The Kier molecular flexibility index (Phi) is 4.19. The highest BCUT2D eigenvalue weighted by molar-refractivity contribution is 9.10. The van der Waals surface area contributed by atoms with Crippen molar-refractivity contribution >= 4 is 56.4 Å². The number of carbonyl (C=O) groups excluding carboxylic acids is 1. The number of ketones is 1. The Balaban J connectivity index is 2.07. The molecular weight excluding hydrogens is 362 g/mol. The van der Waals surface area contributed by atoms with Crippen molar-refractivity contribution in [2.24, 2.45) is 0 Å². The predicted molar refractivity (Wildman–Crippen MR) is 96.4 cm³/mol. The SMILES string of the molecule is CC(=O)c1c(/C=C/c2ccc(Cl)cc2)[nH]c2cc(Br)ccc12. The lowest BCUT2D eigenvalue weighted by atomic mass is 10.1. The van der Waals surface area contributed by atoms with E-state index in [1.54, 1.807) is 6.92 Å². The summed E-state index contributed by atoms with van der Waals surface area (Å²) in [6, 6.07) is 13.4. The number of Topliss-reactive ketones (excluding diaryl/α,β-unsaturated/α-hetero) is 1. The van der Waals surface area contributed by atoms with Gasteiger partial charge in [0.1, 0.15) is 0 Å². The number of H-pyrrole nitrogens is 1. The summed E-state index contributed by atoms with van der Waals surface area (Å²) >= 11 is 9.33. The van der Waals surface area contributed by atoms with Crippen LogP contribution in [0.4, 0.5) is 0 Å². The number of aromatic nitrogens is 1. The number of aromatic amines is 1. The van der Waals surface area contributed by atoms with Gasteiger partial charge in [-0.2, -0.15) is 0 Å². The number of hydrogen-bond acceptors (Lipinski definition) is 1. The molecule has 0 amide bonds. The van der Waals surface area contributed by atoms with Gasteiger partial charge in [-0.1, -0.05) is 51.8 Å². The molecule has 0 aliphatic rings. The van der Waals surface area contributed by atoms with Crippen LogP contribution in [0.15, 0.2) is 46.9 Å². The summed E-state index contributed by atoms with van der Waals surface area (Å²) in [5.41, 5.74) is 3.50. The first-order valence-corrected chi connectivity index (χ1v) is 7.97. The van der Waals surface area contributed by atoms with E-state index in [0.29, 0.717) is 10.6 Å². The van der Waals surface area contributed by atoms with Crippen molar-refractivity contribution in [3.8, 4) is 0 Å². The molecule has 3 rings (SSSR count). The smallest absolute Gasteiger partial charge is 0.162 e. The number of carbonyl (C=O) groups is 1. The van der Waals surface area contributed by atoms with Crippen LogP contribution in [0.25, 0.3) is 23.1 Å². The van der Waals surface area contributed by atoms with E-state index in [4.69, 9.17) is 11.6 Å². The summed E-state index contributed by atoms with van der Waals surface area (Å²) in [5.74, 6) is 0.0457. The van der Waals surface area contributed by atoms with Crippen molar-refractivity contribution < 1.29 is 4.79 Å². The first-order chi connectivity index (χ1) is 10.5. The van der Waals surface area contributed by atoms with Crippen LogP contribution in [-0.2, 0) is 0 Å². The zero-order chi connectivity index (χ0) is 15.7. The van der Waals surface area contributed by atoms with Crippen LogP contribution in [-0.4, -0.2) is 10.8 Å². The molecule has 0 saturated carbocycles. The second kappa shape index (κ2) is 6.11. The summed E-state index contributed by atoms with van der Waals surface area (Å²) in [6.07, 6.45) is 3.89. The molecule has 1 heterocycles. The molecule has 3 aromatic rings. The lowest BCUT2D eigenvalue weighted by molar-refractivity contribution is 0.101. The van der Waals surface area contributed by atoms with Gasteiger partial charge in [0.2, 0.25) is 0 Å². The predicted octanol–water partition coefficient (Wildman–Crippen LogP) is 5.96. The monoisotopic (exact) mass is 373 g/mol. The number of rotatable bonds is 3. The van der Waals surface area contributed by atoms with Crippen LogP contribution in [0.5, 0.6) is 0 Å². The van der Waals surface area contributed by atoms with E-state index in [2.05, 4.69) is 20.9 Å². The highest BCUT2D eigenvalue weighted by Gasteiger charge is 2.13. The molecule has 1 aromatic heterocycles. The third-order valence-electron chi connectivity index (χ3n) is 3.45. The fourth-order valence-electron chi connectivity index (χ4n) is 2.45. The van der Waals surface area contributed by atoms with E-state index in [-0.39, 0.29) is 5.78 Å². The maximum atomic E-state index is 12.0. The van der Waals surface area contributed by atoms with Crippen molar-refractivity contribution in [2.75, 3.05) is 0 Å². The Morgan fingerprint density at radius 3 is 2.55 bits per heavy atom. The Bertz CT molecular complexity index is 878. The van der Waals surface area contributed by atoms with Crippen molar-refractivity contribution in [1.82, 2.24) is 4.98 Å². The van der Waals surface area contributed by atoms with Crippen LogP contribution >= 0.6 is 27.5 Å².